The molecule has 0 saturated carbocycles. The van der Waals surface area contributed by atoms with Crippen LogP contribution in [0.15, 0.2) is 46.4 Å². The number of hydrogen-bond acceptors (Lipinski definition) is 3. The standard InChI is InChI=1S/C19H22O2S/c1-6-22-12(2)11-19(4,5)16-13(3)17(20)14-9-7-8-10-15(14)18(16)21/h7-11H,6H2,1-5H3/b12-11+. The summed E-state index contributed by atoms with van der Waals surface area (Å²) in [6.45, 7) is 9.93. The second-order valence-corrected chi connectivity index (χ2v) is 7.62. The molecule has 0 fully saturated rings. The van der Waals surface area contributed by atoms with Gasteiger partial charge in [-0.1, -0.05) is 51.1 Å². The molecule has 1 aromatic carbocycles. The van der Waals surface area contributed by atoms with Gasteiger partial charge in [-0.05, 0) is 24.5 Å². The van der Waals surface area contributed by atoms with Gasteiger partial charge in [0.25, 0.3) is 0 Å². The van der Waals surface area contributed by atoms with Gasteiger partial charge in [0.1, 0.15) is 0 Å². The van der Waals surface area contributed by atoms with Gasteiger partial charge in [-0.3, -0.25) is 9.59 Å². The van der Waals surface area contributed by atoms with E-state index in [1.165, 1.54) is 4.91 Å². The minimum atomic E-state index is -0.462. The maximum Gasteiger partial charge on any atom is 0.191 e. The Morgan fingerprint density at radius 1 is 1.14 bits per heavy atom. The first-order valence-electron chi connectivity index (χ1n) is 7.51. The summed E-state index contributed by atoms with van der Waals surface area (Å²) in [4.78, 5) is 26.7. The van der Waals surface area contributed by atoms with Crippen LogP contribution in [-0.4, -0.2) is 17.3 Å². The Labute approximate surface area is 136 Å². The highest BCUT2D eigenvalue weighted by Crippen LogP contribution is 2.39. The first-order valence-corrected chi connectivity index (χ1v) is 8.50. The minimum Gasteiger partial charge on any atom is -0.289 e. The van der Waals surface area contributed by atoms with Crippen LogP contribution in [0, 0.1) is 5.41 Å². The Bertz CT molecular complexity index is 693. The molecule has 0 N–H and O–H groups in total. The lowest BCUT2D eigenvalue weighted by atomic mass is 9.72. The molecule has 116 valence electrons. The minimum absolute atomic E-state index is 0.0248. The van der Waals surface area contributed by atoms with E-state index in [-0.39, 0.29) is 11.6 Å². The number of Topliss-reactive ketones (excluding diaryl/α,β-unsaturated/α-hetero) is 2. The fourth-order valence-corrected chi connectivity index (χ4v) is 3.96. The third-order valence-electron chi connectivity index (χ3n) is 3.94. The van der Waals surface area contributed by atoms with E-state index >= 15 is 0 Å². The van der Waals surface area contributed by atoms with Crippen LogP contribution in [0.1, 0.15) is 55.3 Å². The van der Waals surface area contributed by atoms with Gasteiger partial charge >= 0.3 is 0 Å². The number of thioether (sulfide) groups is 1. The van der Waals surface area contributed by atoms with Crippen LogP contribution in [0.3, 0.4) is 0 Å². The maximum absolute atomic E-state index is 12.9. The Hall–Kier alpha value is -1.61. The van der Waals surface area contributed by atoms with Crippen molar-refractivity contribution in [2.45, 2.75) is 34.6 Å². The number of allylic oxidation sites excluding steroid dienone is 4. The second kappa shape index (κ2) is 6.25. The Morgan fingerprint density at radius 3 is 2.23 bits per heavy atom. The molecule has 0 aliphatic heterocycles. The summed E-state index contributed by atoms with van der Waals surface area (Å²) in [5.41, 5.74) is 1.77. The van der Waals surface area contributed by atoms with Gasteiger partial charge in [-0.15, -0.1) is 11.8 Å². The largest absolute Gasteiger partial charge is 0.289 e. The predicted molar refractivity (Wildman–Crippen MR) is 93.5 cm³/mol. The van der Waals surface area contributed by atoms with Crippen LogP contribution in [0.4, 0.5) is 0 Å². The van der Waals surface area contributed by atoms with Gasteiger partial charge in [0.15, 0.2) is 11.6 Å². The van der Waals surface area contributed by atoms with Crippen molar-refractivity contribution in [3.05, 3.63) is 57.5 Å². The lowest BCUT2D eigenvalue weighted by Gasteiger charge is -2.30. The second-order valence-electron chi connectivity index (χ2n) is 6.11. The van der Waals surface area contributed by atoms with E-state index < -0.39 is 5.41 Å². The highest BCUT2D eigenvalue weighted by molar-refractivity contribution is 8.03. The van der Waals surface area contributed by atoms with Crippen LogP contribution in [0.5, 0.6) is 0 Å². The quantitative estimate of drug-likeness (QED) is 0.778. The highest BCUT2D eigenvalue weighted by atomic mass is 32.2. The maximum atomic E-state index is 12.9. The smallest absolute Gasteiger partial charge is 0.191 e. The van der Waals surface area contributed by atoms with Crippen molar-refractivity contribution < 1.29 is 9.59 Å². The van der Waals surface area contributed by atoms with E-state index in [1.807, 2.05) is 19.9 Å². The number of hydrogen-bond donors (Lipinski definition) is 0. The molecule has 0 amide bonds. The van der Waals surface area contributed by atoms with Crippen molar-refractivity contribution in [1.29, 1.82) is 0 Å². The Morgan fingerprint density at radius 2 is 1.68 bits per heavy atom. The Kier molecular flexibility index (Phi) is 4.76. The zero-order valence-electron chi connectivity index (χ0n) is 13.8. The number of benzene rings is 1. The SMILES string of the molecule is CCS/C(C)=C/C(C)(C)C1=C(C)C(=O)c2ccccc2C1=O. The van der Waals surface area contributed by atoms with Crippen LogP contribution in [0.2, 0.25) is 0 Å². The van der Waals surface area contributed by atoms with E-state index in [9.17, 15) is 9.59 Å². The number of ketones is 2. The summed E-state index contributed by atoms with van der Waals surface area (Å²) in [6, 6.07) is 7.09. The van der Waals surface area contributed by atoms with Crippen LogP contribution < -0.4 is 0 Å². The van der Waals surface area contributed by atoms with Gasteiger partial charge in [0.2, 0.25) is 0 Å². The average Bonchev–Trinajstić information content (AvgIpc) is 2.44. The van der Waals surface area contributed by atoms with E-state index in [0.717, 1.165) is 5.75 Å². The number of carbonyl (C=O) groups is 2. The molecule has 2 nitrogen and oxygen atoms in total. The van der Waals surface area contributed by atoms with Crippen LogP contribution >= 0.6 is 11.8 Å². The van der Waals surface area contributed by atoms with E-state index in [1.54, 1.807) is 36.9 Å². The van der Waals surface area contributed by atoms with Crippen LogP contribution in [-0.2, 0) is 0 Å². The molecule has 0 aromatic heterocycles. The molecular formula is C19H22O2S. The van der Waals surface area contributed by atoms with Gasteiger partial charge in [0, 0.05) is 27.7 Å². The molecule has 0 heterocycles. The molecule has 0 radical (unpaired) electrons. The molecule has 0 bridgehead atoms. The van der Waals surface area contributed by atoms with E-state index in [4.69, 9.17) is 0 Å². The van der Waals surface area contributed by atoms with Crippen molar-refractivity contribution in [2.75, 3.05) is 5.75 Å². The average molecular weight is 314 g/mol. The van der Waals surface area contributed by atoms with Gasteiger partial charge in [0.05, 0.1) is 0 Å². The summed E-state index contributed by atoms with van der Waals surface area (Å²) in [5, 5.41) is 0. The lowest BCUT2D eigenvalue weighted by Crippen LogP contribution is -2.29. The summed E-state index contributed by atoms with van der Waals surface area (Å²) < 4.78 is 0. The molecule has 0 spiro atoms. The third kappa shape index (κ3) is 2.95. The van der Waals surface area contributed by atoms with Crippen molar-refractivity contribution in [2.24, 2.45) is 5.41 Å². The zero-order valence-corrected chi connectivity index (χ0v) is 14.6. The summed E-state index contributed by atoms with van der Waals surface area (Å²) >= 11 is 1.75. The number of rotatable bonds is 4. The molecule has 1 aliphatic carbocycles. The van der Waals surface area contributed by atoms with Crippen molar-refractivity contribution in [3.8, 4) is 0 Å². The normalized spacial score (nSPS) is 16.1. The summed E-state index contributed by atoms with van der Waals surface area (Å²) in [7, 11) is 0. The first-order chi connectivity index (χ1) is 10.3. The lowest BCUT2D eigenvalue weighted by molar-refractivity contribution is 0.0961. The number of fused-ring (bicyclic) bond motifs is 1. The van der Waals surface area contributed by atoms with E-state index in [2.05, 4.69) is 19.9 Å². The van der Waals surface area contributed by atoms with Crippen molar-refractivity contribution >= 4 is 23.3 Å². The van der Waals surface area contributed by atoms with Gasteiger partial charge < -0.3 is 0 Å². The van der Waals surface area contributed by atoms with Crippen molar-refractivity contribution in [3.63, 3.8) is 0 Å². The summed E-state index contributed by atoms with van der Waals surface area (Å²) in [5.74, 6) is 0.933. The predicted octanol–water partition coefficient (Wildman–Crippen LogP) is 5.07. The fourth-order valence-electron chi connectivity index (χ4n) is 3.13. The molecule has 3 heteroatoms. The summed E-state index contributed by atoms with van der Waals surface area (Å²) in [6.07, 6.45) is 2.10. The molecule has 1 aliphatic rings. The monoisotopic (exact) mass is 314 g/mol. The molecule has 1 aromatic rings. The fraction of sp³-hybridized carbons (Fsp3) is 0.368. The third-order valence-corrected chi connectivity index (χ3v) is 4.80. The van der Waals surface area contributed by atoms with Crippen molar-refractivity contribution in [1.82, 2.24) is 0 Å². The molecule has 22 heavy (non-hydrogen) atoms. The Balaban J connectivity index is 2.56. The zero-order chi connectivity index (χ0) is 16.5. The first kappa shape index (κ1) is 16.8. The van der Waals surface area contributed by atoms with Gasteiger partial charge in [-0.2, -0.15) is 0 Å². The molecule has 0 saturated heterocycles. The molecule has 0 atom stereocenters. The molecular weight excluding hydrogens is 292 g/mol. The topological polar surface area (TPSA) is 34.1 Å². The van der Waals surface area contributed by atoms with Crippen LogP contribution in [0.25, 0.3) is 0 Å². The van der Waals surface area contributed by atoms with Gasteiger partial charge in [-0.25, -0.2) is 0 Å². The molecule has 2 rings (SSSR count). The molecule has 0 unspecified atom stereocenters. The van der Waals surface area contributed by atoms with E-state index in [0.29, 0.717) is 22.3 Å². The number of carbonyl (C=O) groups excluding carboxylic acids is 2. The highest BCUT2D eigenvalue weighted by Gasteiger charge is 2.36.